The lowest BCUT2D eigenvalue weighted by molar-refractivity contribution is -0.122. The average Bonchev–Trinajstić information content (AvgIpc) is 3.38. The van der Waals surface area contributed by atoms with Crippen LogP contribution in [0.1, 0.15) is 6.42 Å². The van der Waals surface area contributed by atoms with Crippen molar-refractivity contribution in [2.45, 2.75) is 6.42 Å². The molecule has 30 heavy (non-hydrogen) atoms. The van der Waals surface area contributed by atoms with Crippen molar-refractivity contribution in [2.24, 2.45) is 5.92 Å². The molecule has 1 fully saturated rings. The molecule has 1 saturated heterocycles. The molecule has 1 atom stereocenters. The predicted molar refractivity (Wildman–Crippen MR) is 117 cm³/mol. The fourth-order valence-electron chi connectivity index (χ4n) is 3.85. The van der Waals surface area contributed by atoms with Crippen LogP contribution in [0.2, 0.25) is 0 Å². The maximum Gasteiger partial charge on any atom is 0.229 e. The summed E-state index contributed by atoms with van der Waals surface area (Å²) >= 11 is 0. The first-order valence-corrected chi connectivity index (χ1v) is 9.89. The number of fused-ring (bicyclic) bond motifs is 1. The van der Waals surface area contributed by atoms with Gasteiger partial charge in [0.1, 0.15) is 5.82 Å². The Bertz CT molecular complexity index is 1200. The minimum absolute atomic E-state index is 0.0353. The van der Waals surface area contributed by atoms with Crippen LogP contribution in [0.25, 0.3) is 22.4 Å². The third-order valence-electron chi connectivity index (χ3n) is 5.39. The van der Waals surface area contributed by atoms with E-state index in [2.05, 4.69) is 15.3 Å². The van der Waals surface area contributed by atoms with Crippen LogP contribution in [0.15, 0.2) is 78.9 Å². The third kappa shape index (κ3) is 3.33. The van der Waals surface area contributed by atoms with Gasteiger partial charge < -0.3 is 15.2 Å². The Morgan fingerprint density at radius 3 is 2.53 bits per heavy atom. The smallest absolute Gasteiger partial charge is 0.229 e. The Morgan fingerprint density at radius 2 is 1.70 bits per heavy atom. The van der Waals surface area contributed by atoms with E-state index in [-0.39, 0.29) is 18.2 Å². The highest BCUT2D eigenvalue weighted by Gasteiger charge is 2.35. The summed E-state index contributed by atoms with van der Waals surface area (Å²) in [5.74, 6) is 0.0965. The molecule has 0 spiro atoms. The Morgan fingerprint density at radius 1 is 0.967 bits per heavy atom. The molecule has 2 amide bonds. The number of benzene rings is 3. The normalized spacial score (nSPS) is 16.2. The molecular weight excluding hydrogens is 376 g/mol. The van der Waals surface area contributed by atoms with E-state index in [9.17, 15) is 9.59 Å². The summed E-state index contributed by atoms with van der Waals surface area (Å²) in [5.41, 5.74) is 4.11. The summed E-state index contributed by atoms with van der Waals surface area (Å²) in [6, 6.07) is 24.8. The molecule has 0 radical (unpaired) electrons. The lowest BCUT2D eigenvalue weighted by Crippen LogP contribution is -2.28. The fraction of sp³-hybridized carbons (Fsp3) is 0.125. The number of para-hydroxylation sites is 4. The number of imidazole rings is 1. The highest BCUT2D eigenvalue weighted by atomic mass is 16.2. The number of hydrogen-bond acceptors (Lipinski definition) is 3. The van der Waals surface area contributed by atoms with E-state index in [4.69, 9.17) is 0 Å². The number of carbonyl (C=O) groups is 2. The summed E-state index contributed by atoms with van der Waals surface area (Å²) in [5, 5.41) is 3.01. The number of rotatable bonds is 4. The maximum atomic E-state index is 13.0. The third-order valence-corrected chi connectivity index (χ3v) is 5.39. The van der Waals surface area contributed by atoms with E-state index < -0.39 is 5.92 Å². The minimum Gasteiger partial charge on any atom is -0.338 e. The molecule has 3 aromatic carbocycles. The molecule has 1 aliphatic rings. The molecule has 6 heteroatoms. The van der Waals surface area contributed by atoms with Crippen LogP contribution in [-0.4, -0.2) is 28.3 Å². The Balaban J connectivity index is 1.38. The van der Waals surface area contributed by atoms with E-state index in [1.807, 2.05) is 78.9 Å². The van der Waals surface area contributed by atoms with Crippen LogP contribution in [0.3, 0.4) is 0 Å². The standard InChI is InChI=1S/C24H20N4O2/c29-22-14-16(15-28(22)17-8-2-1-3-9-17)24(30)27-19-11-5-4-10-18(19)23-25-20-12-6-7-13-21(20)26-23/h1-13,16H,14-15H2,(H,25,26)(H,27,30). The number of carbonyl (C=O) groups excluding carboxylic acids is 2. The second-order valence-electron chi connectivity index (χ2n) is 7.38. The van der Waals surface area contributed by atoms with Crippen molar-refractivity contribution >= 4 is 34.2 Å². The Hall–Kier alpha value is -3.93. The molecule has 0 saturated carbocycles. The topological polar surface area (TPSA) is 78.1 Å². The van der Waals surface area contributed by atoms with Gasteiger partial charge in [-0.2, -0.15) is 0 Å². The molecule has 5 rings (SSSR count). The lowest BCUT2D eigenvalue weighted by atomic mass is 10.1. The van der Waals surface area contributed by atoms with Crippen molar-refractivity contribution in [1.29, 1.82) is 0 Å². The van der Waals surface area contributed by atoms with E-state index >= 15 is 0 Å². The van der Waals surface area contributed by atoms with Crippen LogP contribution in [0.5, 0.6) is 0 Å². The van der Waals surface area contributed by atoms with Gasteiger partial charge in [0.25, 0.3) is 0 Å². The summed E-state index contributed by atoms with van der Waals surface area (Å²) < 4.78 is 0. The lowest BCUT2D eigenvalue weighted by Gasteiger charge is -2.17. The molecule has 1 aliphatic heterocycles. The first-order valence-electron chi connectivity index (χ1n) is 9.89. The number of aromatic amines is 1. The molecule has 4 aromatic rings. The molecule has 2 N–H and O–H groups in total. The van der Waals surface area contributed by atoms with E-state index in [1.165, 1.54) is 0 Å². The summed E-state index contributed by atoms with van der Waals surface area (Å²) in [6.07, 6.45) is 0.202. The molecule has 1 unspecified atom stereocenters. The van der Waals surface area contributed by atoms with Gasteiger partial charge in [0.2, 0.25) is 11.8 Å². The summed E-state index contributed by atoms with van der Waals surface area (Å²) in [4.78, 5) is 35.1. The predicted octanol–water partition coefficient (Wildman–Crippen LogP) is 4.22. The van der Waals surface area contributed by atoms with Gasteiger partial charge in [0.15, 0.2) is 0 Å². The second kappa shape index (κ2) is 7.48. The Kier molecular flexibility index (Phi) is 4.52. The largest absolute Gasteiger partial charge is 0.338 e. The fourth-order valence-corrected chi connectivity index (χ4v) is 3.85. The first-order chi connectivity index (χ1) is 14.7. The SMILES string of the molecule is O=C(Nc1ccccc1-c1nc2ccccc2[nH]1)C1CC(=O)N(c2ccccc2)C1. The number of H-pyrrole nitrogens is 1. The van der Waals surface area contributed by atoms with Gasteiger partial charge >= 0.3 is 0 Å². The van der Waals surface area contributed by atoms with Gasteiger partial charge in [0.05, 0.1) is 22.6 Å². The summed E-state index contributed by atoms with van der Waals surface area (Å²) in [7, 11) is 0. The van der Waals surface area contributed by atoms with E-state index in [1.54, 1.807) is 4.90 Å². The minimum atomic E-state index is -0.401. The zero-order chi connectivity index (χ0) is 20.5. The quantitative estimate of drug-likeness (QED) is 0.542. The summed E-state index contributed by atoms with van der Waals surface area (Å²) in [6.45, 7) is 0.376. The second-order valence-corrected chi connectivity index (χ2v) is 7.38. The molecular formula is C24H20N4O2. The zero-order valence-corrected chi connectivity index (χ0v) is 16.2. The van der Waals surface area contributed by atoms with Crippen LogP contribution >= 0.6 is 0 Å². The van der Waals surface area contributed by atoms with Gasteiger partial charge in [0, 0.05) is 24.2 Å². The Labute approximate surface area is 173 Å². The van der Waals surface area contributed by atoms with E-state index in [0.717, 1.165) is 22.3 Å². The number of aromatic nitrogens is 2. The van der Waals surface area contributed by atoms with Crippen LogP contribution < -0.4 is 10.2 Å². The van der Waals surface area contributed by atoms with E-state index in [0.29, 0.717) is 18.1 Å². The van der Waals surface area contributed by atoms with Crippen LogP contribution in [-0.2, 0) is 9.59 Å². The van der Waals surface area contributed by atoms with Crippen molar-refractivity contribution in [3.8, 4) is 11.4 Å². The molecule has 148 valence electrons. The monoisotopic (exact) mass is 396 g/mol. The van der Waals surface area contributed by atoms with Gasteiger partial charge in [-0.15, -0.1) is 0 Å². The van der Waals surface area contributed by atoms with Crippen molar-refractivity contribution < 1.29 is 9.59 Å². The first kappa shape index (κ1) is 18.1. The highest BCUT2D eigenvalue weighted by molar-refractivity contribution is 6.04. The number of amides is 2. The van der Waals surface area contributed by atoms with Gasteiger partial charge in [-0.05, 0) is 36.4 Å². The van der Waals surface area contributed by atoms with Crippen molar-refractivity contribution in [2.75, 3.05) is 16.8 Å². The number of anilines is 2. The van der Waals surface area contributed by atoms with Crippen molar-refractivity contribution in [3.05, 3.63) is 78.9 Å². The van der Waals surface area contributed by atoms with Gasteiger partial charge in [-0.25, -0.2) is 4.98 Å². The van der Waals surface area contributed by atoms with Gasteiger partial charge in [-0.3, -0.25) is 9.59 Å². The molecule has 1 aromatic heterocycles. The van der Waals surface area contributed by atoms with Crippen LogP contribution in [0, 0.1) is 5.92 Å². The van der Waals surface area contributed by atoms with Crippen molar-refractivity contribution in [1.82, 2.24) is 9.97 Å². The number of nitrogens with one attached hydrogen (secondary N) is 2. The molecule has 6 nitrogen and oxygen atoms in total. The van der Waals surface area contributed by atoms with Gasteiger partial charge in [-0.1, -0.05) is 42.5 Å². The molecule has 0 bridgehead atoms. The maximum absolute atomic E-state index is 13.0. The zero-order valence-electron chi connectivity index (χ0n) is 16.2. The highest BCUT2D eigenvalue weighted by Crippen LogP contribution is 2.30. The molecule has 0 aliphatic carbocycles. The van der Waals surface area contributed by atoms with Crippen LogP contribution in [0.4, 0.5) is 11.4 Å². The molecule has 2 heterocycles. The average molecular weight is 396 g/mol. The number of hydrogen-bond donors (Lipinski definition) is 2. The van der Waals surface area contributed by atoms with Crippen molar-refractivity contribution in [3.63, 3.8) is 0 Å². The number of nitrogens with zero attached hydrogens (tertiary/aromatic N) is 2.